The smallest absolute Gasteiger partial charge is 0.224 e. The molecule has 1 heterocycles. The van der Waals surface area contributed by atoms with Gasteiger partial charge < -0.3 is 14.9 Å². The average molecular weight is 286 g/mol. The Bertz CT molecular complexity index is 656. The van der Waals surface area contributed by atoms with Crippen LogP contribution in [-0.4, -0.2) is 17.1 Å². The molecule has 0 aliphatic heterocycles. The van der Waals surface area contributed by atoms with Gasteiger partial charge in [0.1, 0.15) is 11.6 Å². The molecule has 0 spiro atoms. The summed E-state index contributed by atoms with van der Waals surface area (Å²) in [6.45, 7) is 2.00. The molecular weight excluding hydrogens is 268 g/mol. The van der Waals surface area contributed by atoms with Gasteiger partial charge in [0.25, 0.3) is 0 Å². The van der Waals surface area contributed by atoms with Crippen LogP contribution in [0.15, 0.2) is 24.3 Å². The summed E-state index contributed by atoms with van der Waals surface area (Å²) < 4.78 is 11.2. The van der Waals surface area contributed by atoms with Gasteiger partial charge in [-0.1, -0.05) is 6.07 Å². The third kappa shape index (κ3) is 3.05. The van der Waals surface area contributed by atoms with Crippen LogP contribution >= 0.6 is 0 Å². The topological polar surface area (TPSA) is 82.3 Å². The van der Waals surface area contributed by atoms with Crippen molar-refractivity contribution >= 4 is 5.82 Å². The van der Waals surface area contributed by atoms with Gasteiger partial charge in [-0.3, -0.25) is 0 Å². The highest BCUT2D eigenvalue weighted by Crippen LogP contribution is 2.40. The molecule has 21 heavy (non-hydrogen) atoms. The van der Waals surface area contributed by atoms with Gasteiger partial charge in [0.2, 0.25) is 5.88 Å². The number of nitrogens with two attached hydrogens (primary N) is 1. The maximum absolute atomic E-state index is 5.84. The maximum atomic E-state index is 5.84. The van der Waals surface area contributed by atoms with Crippen molar-refractivity contribution in [2.24, 2.45) is 5.84 Å². The molecule has 1 aliphatic carbocycles. The molecule has 0 radical (unpaired) electrons. The molecule has 110 valence electrons. The second-order valence-electron chi connectivity index (χ2n) is 5.12. The summed E-state index contributed by atoms with van der Waals surface area (Å²) in [6, 6.07) is 7.41. The third-order valence-electron chi connectivity index (χ3n) is 3.34. The summed E-state index contributed by atoms with van der Waals surface area (Å²) in [5.74, 6) is 8.94. The minimum Gasteiger partial charge on any atom is -0.493 e. The van der Waals surface area contributed by atoms with E-state index in [-0.39, 0.29) is 0 Å². The fourth-order valence-corrected chi connectivity index (χ4v) is 2.06. The first-order chi connectivity index (χ1) is 10.2. The van der Waals surface area contributed by atoms with Gasteiger partial charge in [-0.05, 0) is 37.5 Å². The second-order valence-corrected chi connectivity index (χ2v) is 5.12. The molecule has 1 aliphatic rings. The van der Waals surface area contributed by atoms with E-state index in [0.29, 0.717) is 29.1 Å². The Morgan fingerprint density at radius 1 is 1.19 bits per heavy atom. The molecule has 1 aromatic heterocycles. The van der Waals surface area contributed by atoms with Crippen molar-refractivity contribution in [1.82, 2.24) is 9.97 Å². The minimum atomic E-state index is 0.417. The Hall–Kier alpha value is -2.34. The molecule has 3 N–H and O–H groups in total. The second kappa shape index (κ2) is 5.57. The summed E-state index contributed by atoms with van der Waals surface area (Å²) >= 11 is 0. The first-order valence-electron chi connectivity index (χ1n) is 6.87. The van der Waals surface area contributed by atoms with Gasteiger partial charge in [0, 0.05) is 12.0 Å². The molecule has 1 fully saturated rings. The van der Waals surface area contributed by atoms with E-state index >= 15 is 0 Å². The number of methoxy groups -OCH3 is 1. The molecule has 6 nitrogen and oxygen atoms in total. The zero-order valence-electron chi connectivity index (χ0n) is 12.1. The van der Waals surface area contributed by atoms with Crippen LogP contribution in [0.3, 0.4) is 0 Å². The molecule has 3 rings (SSSR count). The SMILES string of the molecule is COc1cc(C)ccc1Oc1cc(NN)nc(C2CC2)n1. The van der Waals surface area contributed by atoms with Crippen molar-refractivity contribution in [2.75, 3.05) is 12.5 Å². The fourth-order valence-electron chi connectivity index (χ4n) is 2.06. The van der Waals surface area contributed by atoms with Crippen LogP contribution in [0.2, 0.25) is 0 Å². The predicted octanol–water partition coefficient (Wildman–Crippen LogP) is 2.75. The van der Waals surface area contributed by atoms with E-state index in [9.17, 15) is 0 Å². The highest BCUT2D eigenvalue weighted by atomic mass is 16.5. The maximum Gasteiger partial charge on any atom is 0.224 e. The number of aryl methyl sites for hydroxylation is 1. The fraction of sp³-hybridized carbons (Fsp3) is 0.333. The molecule has 0 saturated heterocycles. The Labute approximate surface area is 123 Å². The summed E-state index contributed by atoms with van der Waals surface area (Å²) in [6.07, 6.45) is 2.22. The molecule has 0 amide bonds. The van der Waals surface area contributed by atoms with E-state index in [1.54, 1.807) is 13.2 Å². The highest BCUT2D eigenvalue weighted by molar-refractivity contribution is 5.46. The Kier molecular flexibility index (Phi) is 3.62. The van der Waals surface area contributed by atoms with Gasteiger partial charge >= 0.3 is 0 Å². The van der Waals surface area contributed by atoms with Crippen LogP contribution in [-0.2, 0) is 0 Å². The monoisotopic (exact) mass is 286 g/mol. The van der Waals surface area contributed by atoms with Gasteiger partial charge in [0.15, 0.2) is 11.5 Å². The number of hydrazine groups is 1. The Morgan fingerprint density at radius 2 is 2.00 bits per heavy atom. The van der Waals surface area contributed by atoms with Crippen LogP contribution in [0.25, 0.3) is 0 Å². The number of aromatic nitrogens is 2. The van der Waals surface area contributed by atoms with Crippen LogP contribution in [0, 0.1) is 6.92 Å². The van der Waals surface area contributed by atoms with Crippen LogP contribution in [0.4, 0.5) is 5.82 Å². The van der Waals surface area contributed by atoms with E-state index in [0.717, 1.165) is 24.2 Å². The number of nitrogen functional groups attached to an aromatic ring is 1. The minimum absolute atomic E-state index is 0.417. The van der Waals surface area contributed by atoms with Gasteiger partial charge in [-0.25, -0.2) is 10.8 Å². The molecule has 0 bridgehead atoms. The lowest BCUT2D eigenvalue weighted by atomic mass is 10.2. The predicted molar refractivity (Wildman–Crippen MR) is 79.6 cm³/mol. The molecular formula is C15H18N4O2. The van der Waals surface area contributed by atoms with Crippen LogP contribution < -0.4 is 20.7 Å². The average Bonchev–Trinajstić information content (AvgIpc) is 3.33. The first kappa shape index (κ1) is 13.6. The van der Waals surface area contributed by atoms with Gasteiger partial charge in [-0.15, -0.1) is 0 Å². The number of anilines is 1. The summed E-state index contributed by atoms with van der Waals surface area (Å²) in [5.41, 5.74) is 3.65. The van der Waals surface area contributed by atoms with Crippen molar-refractivity contribution in [3.8, 4) is 17.4 Å². The van der Waals surface area contributed by atoms with Crippen molar-refractivity contribution in [3.05, 3.63) is 35.7 Å². The zero-order valence-corrected chi connectivity index (χ0v) is 12.1. The molecule has 0 atom stereocenters. The van der Waals surface area contributed by atoms with Gasteiger partial charge in [-0.2, -0.15) is 4.98 Å². The summed E-state index contributed by atoms with van der Waals surface area (Å²) in [4.78, 5) is 8.81. The number of benzene rings is 1. The highest BCUT2D eigenvalue weighted by Gasteiger charge is 2.27. The molecule has 1 saturated carbocycles. The van der Waals surface area contributed by atoms with Crippen LogP contribution in [0.1, 0.15) is 30.1 Å². The molecule has 0 unspecified atom stereocenters. The Balaban J connectivity index is 1.92. The van der Waals surface area contributed by atoms with E-state index in [1.807, 2.05) is 25.1 Å². The summed E-state index contributed by atoms with van der Waals surface area (Å²) in [5, 5.41) is 0. The normalized spacial score (nSPS) is 13.9. The number of ether oxygens (including phenoxy) is 2. The van der Waals surface area contributed by atoms with Crippen LogP contribution in [0.5, 0.6) is 17.4 Å². The van der Waals surface area contributed by atoms with E-state index in [1.165, 1.54) is 0 Å². The third-order valence-corrected chi connectivity index (χ3v) is 3.34. The number of hydrogen-bond acceptors (Lipinski definition) is 6. The molecule has 1 aromatic carbocycles. The number of hydrogen-bond donors (Lipinski definition) is 2. The number of nitrogens with one attached hydrogen (secondary N) is 1. The van der Waals surface area contributed by atoms with Crippen molar-refractivity contribution in [1.29, 1.82) is 0 Å². The molecule has 6 heteroatoms. The Morgan fingerprint density at radius 3 is 2.67 bits per heavy atom. The van der Waals surface area contributed by atoms with Crippen molar-refractivity contribution in [2.45, 2.75) is 25.7 Å². The van der Waals surface area contributed by atoms with Gasteiger partial charge in [0.05, 0.1) is 7.11 Å². The summed E-state index contributed by atoms with van der Waals surface area (Å²) in [7, 11) is 1.62. The molecule has 2 aromatic rings. The lowest BCUT2D eigenvalue weighted by Gasteiger charge is -2.12. The van der Waals surface area contributed by atoms with E-state index in [2.05, 4.69) is 15.4 Å². The van der Waals surface area contributed by atoms with E-state index < -0.39 is 0 Å². The number of rotatable bonds is 5. The van der Waals surface area contributed by atoms with Crippen molar-refractivity contribution < 1.29 is 9.47 Å². The standard InChI is InChI=1S/C15H18N4O2/c1-9-3-6-11(12(7-9)20-2)21-14-8-13(19-16)17-15(18-14)10-4-5-10/h3,6-8,10H,4-5,16H2,1-2H3,(H,17,18,19). The first-order valence-corrected chi connectivity index (χ1v) is 6.87. The van der Waals surface area contributed by atoms with E-state index in [4.69, 9.17) is 15.3 Å². The zero-order chi connectivity index (χ0) is 14.8. The number of nitrogens with zero attached hydrogens (tertiary/aromatic N) is 2. The van der Waals surface area contributed by atoms with Crippen molar-refractivity contribution in [3.63, 3.8) is 0 Å². The largest absolute Gasteiger partial charge is 0.493 e. The lowest BCUT2D eigenvalue weighted by molar-refractivity contribution is 0.373. The lowest BCUT2D eigenvalue weighted by Crippen LogP contribution is -2.10. The quantitative estimate of drug-likeness (QED) is 0.649.